The second-order valence-corrected chi connectivity index (χ2v) is 7.89. The number of likely N-dealkylation sites (tertiary alicyclic amines) is 1. The van der Waals surface area contributed by atoms with Gasteiger partial charge in [-0.25, -0.2) is 14.5 Å². The minimum atomic E-state index is -4.70. The van der Waals surface area contributed by atoms with E-state index in [-0.39, 0.29) is 5.91 Å². The Morgan fingerprint density at radius 3 is 2.43 bits per heavy atom. The summed E-state index contributed by atoms with van der Waals surface area (Å²) in [6.45, 7) is 0.627. The Balaban J connectivity index is 1.45. The van der Waals surface area contributed by atoms with Gasteiger partial charge < -0.3 is 4.90 Å². The molecule has 2 aromatic heterocycles. The zero-order valence-electron chi connectivity index (χ0n) is 16.0. The van der Waals surface area contributed by atoms with Gasteiger partial charge in [-0.2, -0.15) is 13.2 Å². The van der Waals surface area contributed by atoms with Gasteiger partial charge >= 0.3 is 11.9 Å². The van der Waals surface area contributed by atoms with Crippen molar-refractivity contribution in [1.29, 1.82) is 0 Å². The minimum Gasteiger partial charge on any atom is -0.336 e. The number of nitrogens with zero attached hydrogens (tertiary/aromatic N) is 5. The molecule has 0 aliphatic carbocycles. The fourth-order valence-electron chi connectivity index (χ4n) is 3.50. The monoisotopic (exact) mass is 437 g/mol. The first-order valence-electron chi connectivity index (χ1n) is 9.28. The van der Waals surface area contributed by atoms with Crippen LogP contribution in [0.15, 0.2) is 40.5 Å². The van der Waals surface area contributed by atoms with Gasteiger partial charge in [0.05, 0.1) is 11.7 Å². The lowest BCUT2D eigenvalue weighted by molar-refractivity contribution is -0.147. The summed E-state index contributed by atoms with van der Waals surface area (Å²) in [5, 5.41) is 5.68. The van der Waals surface area contributed by atoms with E-state index in [0.717, 1.165) is 23.0 Å². The number of rotatable bonds is 3. The lowest BCUT2D eigenvalue weighted by Gasteiger charge is -2.31. The maximum atomic E-state index is 13.0. The summed E-state index contributed by atoms with van der Waals surface area (Å²) in [6, 6.07) is 9.02. The third-order valence-electron chi connectivity index (χ3n) is 5.11. The maximum absolute atomic E-state index is 13.0. The number of hydrogen-bond donors (Lipinski definition) is 0. The smallest absolute Gasteiger partial charge is 0.336 e. The second kappa shape index (κ2) is 7.71. The first-order chi connectivity index (χ1) is 14.3. The summed E-state index contributed by atoms with van der Waals surface area (Å²) in [5.74, 6) is -1.44. The van der Waals surface area contributed by atoms with Crippen LogP contribution in [-0.4, -0.2) is 43.2 Å². The number of halogens is 3. The van der Waals surface area contributed by atoms with Crippen LogP contribution < -0.4 is 5.69 Å². The summed E-state index contributed by atoms with van der Waals surface area (Å²) in [6.07, 6.45) is -4.01. The van der Waals surface area contributed by atoms with Gasteiger partial charge in [-0.15, -0.1) is 16.4 Å². The number of thiazole rings is 1. The largest absolute Gasteiger partial charge is 0.451 e. The first-order valence-corrected chi connectivity index (χ1v) is 10.2. The zero-order chi connectivity index (χ0) is 21.5. The van der Waals surface area contributed by atoms with Crippen LogP contribution in [0, 0.1) is 0 Å². The van der Waals surface area contributed by atoms with Crippen molar-refractivity contribution in [3.63, 3.8) is 0 Å². The third kappa shape index (κ3) is 3.76. The molecule has 3 heterocycles. The Morgan fingerprint density at radius 1 is 1.17 bits per heavy atom. The quantitative estimate of drug-likeness (QED) is 0.631. The highest BCUT2D eigenvalue weighted by Crippen LogP contribution is 2.29. The van der Waals surface area contributed by atoms with Gasteiger partial charge in [0.1, 0.15) is 0 Å². The van der Waals surface area contributed by atoms with E-state index < -0.39 is 23.7 Å². The Hall–Kier alpha value is -2.95. The van der Waals surface area contributed by atoms with Crippen LogP contribution >= 0.6 is 11.3 Å². The molecule has 1 amide bonds. The summed E-state index contributed by atoms with van der Waals surface area (Å²) < 4.78 is 40.4. The van der Waals surface area contributed by atoms with Crippen molar-refractivity contribution < 1.29 is 18.0 Å². The molecule has 0 saturated carbocycles. The molecular formula is C19H18F3N5O2S. The van der Waals surface area contributed by atoms with Crippen molar-refractivity contribution in [1.82, 2.24) is 24.2 Å². The second-order valence-electron chi connectivity index (χ2n) is 7.03. The standard InChI is InChI=1S/C19H18F3N5O2S/c1-25-17(19(20,21)22)24-27(18(25)29)13-7-9-26(10-8-13)16(28)15-23-14(11-30-15)12-5-3-2-4-6-12/h2-6,11,13H,7-10H2,1H3. The number of carbonyl (C=O) groups is 1. The lowest BCUT2D eigenvalue weighted by Crippen LogP contribution is -2.41. The Bertz CT molecular complexity index is 1110. The number of aromatic nitrogens is 4. The molecule has 1 aliphatic heterocycles. The number of carbonyl (C=O) groups excluding carboxylic acids is 1. The minimum absolute atomic E-state index is 0.218. The summed E-state index contributed by atoms with van der Waals surface area (Å²) in [4.78, 5) is 31.0. The van der Waals surface area contributed by atoms with Gasteiger partial charge in [-0.1, -0.05) is 30.3 Å². The highest BCUT2D eigenvalue weighted by atomic mass is 32.1. The van der Waals surface area contributed by atoms with Gasteiger partial charge in [0, 0.05) is 31.1 Å². The van der Waals surface area contributed by atoms with E-state index >= 15 is 0 Å². The predicted octanol–water partition coefficient (Wildman–Crippen LogP) is 3.20. The van der Waals surface area contributed by atoms with E-state index in [2.05, 4.69) is 10.1 Å². The molecule has 4 rings (SSSR count). The Labute approximate surface area is 173 Å². The fourth-order valence-corrected chi connectivity index (χ4v) is 4.30. The van der Waals surface area contributed by atoms with Crippen molar-refractivity contribution in [3.8, 4) is 11.3 Å². The average molecular weight is 437 g/mol. The van der Waals surface area contributed by atoms with E-state index in [1.807, 2.05) is 35.7 Å². The lowest BCUT2D eigenvalue weighted by atomic mass is 10.1. The molecule has 1 fully saturated rings. The number of benzene rings is 1. The number of amides is 1. The Kier molecular flexibility index (Phi) is 5.22. The van der Waals surface area contributed by atoms with Crippen molar-refractivity contribution in [2.75, 3.05) is 13.1 Å². The van der Waals surface area contributed by atoms with Gasteiger partial charge in [-0.05, 0) is 12.8 Å². The molecule has 0 radical (unpaired) electrons. The molecular weight excluding hydrogens is 419 g/mol. The van der Waals surface area contributed by atoms with Crippen molar-refractivity contribution in [3.05, 3.63) is 57.0 Å². The predicted molar refractivity (Wildman–Crippen MR) is 104 cm³/mol. The highest BCUT2D eigenvalue weighted by molar-refractivity contribution is 7.12. The first kappa shape index (κ1) is 20.3. The number of hydrogen-bond acceptors (Lipinski definition) is 5. The van der Waals surface area contributed by atoms with Crippen LogP contribution in [0.1, 0.15) is 34.5 Å². The zero-order valence-corrected chi connectivity index (χ0v) is 16.8. The molecule has 30 heavy (non-hydrogen) atoms. The van der Waals surface area contributed by atoms with Crippen molar-refractivity contribution in [2.24, 2.45) is 7.05 Å². The van der Waals surface area contributed by atoms with Crippen LogP contribution in [0.3, 0.4) is 0 Å². The summed E-state index contributed by atoms with van der Waals surface area (Å²) >= 11 is 1.26. The third-order valence-corrected chi connectivity index (χ3v) is 5.94. The normalized spacial score (nSPS) is 15.5. The molecule has 0 unspecified atom stereocenters. The molecule has 0 atom stereocenters. The van der Waals surface area contributed by atoms with Crippen LogP contribution in [0.2, 0.25) is 0 Å². The highest BCUT2D eigenvalue weighted by Gasteiger charge is 2.39. The van der Waals surface area contributed by atoms with Gasteiger partial charge in [-0.3, -0.25) is 9.36 Å². The number of piperidine rings is 1. The fraction of sp³-hybridized carbons (Fsp3) is 0.368. The average Bonchev–Trinajstić information content (AvgIpc) is 3.34. The van der Waals surface area contributed by atoms with Crippen LogP contribution in [0.4, 0.5) is 13.2 Å². The van der Waals surface area contributed by atoms with Crippen LogP contribution in [0.25, 0.3) is 11.3 Å². The molecule has 1 aliphatic rings. The molecule has 0 spiro atoms. The SMILES string of the molecule is Cn1c(C(F)(F)F)nn(C2CCN(C(=O)c3nc(-c4ccccc4)cs3)CC2)c1=O. The molecule has 1 aromatic carbocycles. The molecule has 3 aromatic rings. The molecule has 158 valence electrons. The van der Waals surface area contributed by atoms with E-state index in [1.165, 1.54) is 11.3 Å². The van der Waals surface area contributed by atoms with Crippen LogP contribution in [0.5, 0.6) is 0 Å². The van der Waals surface area contributed by atoms with Crippen molar-refractivity contribution in [2.45, 2.75) is 25.1 Å². The van der Waals surface area contributed by atoms with Crippen LogP contribution in [-0.2, 0) is 13.2 Å². The van der Waals surface area contributed by atoms with Gasteiger partial charge in [0.25, 0.3) is 5.91 Å². The molecule has 11 heteroatoms. The molecule has 0 N–H and O–H groups in total. The van der Waals surface area contributed by atoms with Gasteiger partial charge in [0.15, 0.2) is 5.01 Å². The van der Waals surface area contributed by atoms with Crippen molar-refractivity contribution >= 4 is 17.2 Å². The summed E-state index contributed by atoms with van der Waals surface area (Å²) in [7, 11) is 1.06. The Morgan fingerprint density at radius 2 is 1.83 bits per heavy atom. The molecule has 7 nitrogen and oxygen atoms in total. The number of alkyl halides is 3. The summed E-state index contributed by atoms with van der Waals surface area (Å²) in [5.41, 5.74) is 0.833. The maximum Gasteiger partial charge on any atom is 0.451 e. The van der Waals surface area contributed by atoms with E-state index in [9.17, 15) is 22.8 Å². The van der Waals surface area contributed by atoms with E-state index in [0.29, 0.717) is 35.5 Å². The molecule has 0 bridgehead atoms. The van der Waals surface area contributed by atoms with E-state index in [1.54, 1.807) is 4.90 Å². The topological polar surface area (TPSA) is 73.0 Å². The van der Waals surface area contributed by atoms with Gasteiger partial charge in [0.2, 0.25) is 5.82 Å². The molecule has 1 saturated heterocycles. The van der Waals surface area contributed by atoms with E-state index in [4.69, 9.17) is 0 Å².